The van der Waals surface area contributed by atoms with Crippen LogP contribution in [0.25, 0.3) is 0 Å². The molecule has 0 saturated heterocycles. The molecule has 0 spiro atoms. The third-order valence-corrected chi connectivity index (χ3v) is 5.17. The Morgan fingerprint density at radius 3 is 1.39 bits per heavy atom. The molecule has 0 aromatic heterocycles. The van der Waals surface area contributed by atoms with E-state index >= 15 is 0 Å². The van der Waals surface area contributed by atoms with Crippen molar-refractivity contribution < 1.29 is 37.6 Å². The van der Waals surface area contributed by atoms with Crippen LogP contribution in [-0.2, 0) is 37.6 Å². The van der Waals surface area contributed by atoms with Gasteiger partial charge in [0.15, 0.2) is 0 Å². The van der Waals surface area contributed by atoms with Gasteiger partial charge in [0.25, 0.3) is 0 Å². The van der Waals surface area contributed by atoms with Crippen molar-refractivity contribution in [3.05, 3.63) is 0 Å². The van der Waals surface area contributed by atoms with Gasteiger partial charge in [0.1, 0.15) is 6.04 Å². The van der Waals surface area contributed by atoms with Gasteiger partial charge in [0.05, 0.1) is 7.11 Å². The molecule has 11 heteroatoms. The van der Waals surface area contributed by atoms with E-state index in [0.29, 0.717) is 0 Å². The van der Waals surface area contributed by atoms with Crippen LogP contribution in [0.3, 0.4) is 0 Å². The highest BCUT2D eigenvalue weighted by Gasteiger charge is 2.68. The van der Waals surface area contributed by atoms with Crippen molar-refractivity contribution in [2.24, 2.45) is 5.92 Å². The minimum Gasteiger partial charge on any atom is -0.468 e. The van der Waals surface area contributed by atoms with E-state index in [1.54, 1.807) is 13.8 Å². The maximum absolute atomic E-state index is 12.3. The first-order valence-electron chi connectivity index (χ1n) is 6.66. The van der Waals surface area contributed by atoms with E-state index in [9.17, 15) is 13.9 Å². The van der Waals surface area contributed by atoms with Crippen LogP contribution in [0.4, 0.5) is 0 Å². The van der Waals surface area contributed by atoms with E-state index in [2.05, 4.69) is 0 Å². The Kier molecular flexibility index (Phi) is 9.47. The Balaban J connectivity index is 6.54. The summed E-state index contributed by atoms with van der Waals surface area (Å²) in [6.07, 6.45) is 0. The number of rotatable bonds is 11. The summed E-state index contributed by atoms with van der Waals surface area (Å²) in [6.45, 7) is 3.45. The number of hydrogen-bond donors (Lipinski definition) is 0. The van der Waals surface area contributed by atoms with Gasteiger partial charge in [0, 0.05) is 28.4 Å². The summed E-state index contributed by atoms with van der Waals surface area (Å²) in [5, 5.41) is 0. The summed E-state index contributed by atoms with van der Waals surface area (Å²) in [4.78, 5) is 13.4. The fourth-order valence-electron chi connectivity index (χ4n) is 2.18. The van der Waals surface area contributed by atoms with E-state index in [1.165, 1.54) is 35.5 Å². The van der Waals surface area contributed by atoms with Crippen molar-refractivity contribution in [2.45, 2.75) is 31.2 Å². The number of hydrogen-bond acceptors (Lipinski definition) is 9. The molecule has 0 rings (SSSR count). The second kappa shape index (κ2) is 9.69. The molecule has 0 aliphatic heterocycles. The van der Waals surface area contributed by atoms with Gasteiger partial charge in [-0.3, -0.25) is 23.7 Å². The molecule has 0 fully saturated rings. The number of carbonyl (C=O) groups excluding carboxylic acids is 1. The quantitative estimate of drug-likeness (QED) is 0.302. The zero-order valence-corrected chi connectivity index (χ0v) is 16.4. The summed E-state index contributed by atoms with van der Waals surface area (Å²) >= 11 is 0. The first-order chi connectivity index (χ1) is 10.8. The molecule has 3 atom stereocenters. The number of nitrogens with zero attached hydrogens (tertiary/aromatic N) is 1. The summed E-state index contributed by atoms with van der Waals surface area (Å²) < 4.78 is 49.5. The van der Waals surface area contributed by atoms with Gasteiger partial charge in [-0.15, -0.1) is 0 Å². The van der Waals surface area contributed by atoms with E-state index < -0.39 is 40.2 Å². The average molecular weight is 373 g/mol. The minimum absolute atomic E-state index is 0.357. The van der Waals surface area contributed by atoms with Crippen LogP contribution in [-0.4, -0.2) is 63.8 Å². The van der Waals surface area contributed by atoms with Crippen LogP contribution >= 0.6 is 16.9 Å². The molecule has 0 amide bonds. The van der Waals surface area contributed by atoms with Gasteiger partial charge >= 0.3 is 34.2 Å². The topological polar surface area (TPSA) is 101 Å². The molecule has 0 aliphatic rings. The maximum atomic E-state index is 12.3. The van der Waals surface area contributed by atoms with Crippen molar-refractivity contribution >= 4 is 22.9 Å². The Bertz CT molecular complexity index is 388. The zero-order valence-electron chi connectivity index (χ0n) is 14.4. The highest BCUT2D eigenvalue weighted by Crippen LogP contribution is 2.44. The molecule has 3 unspecified atom stereocenters. The maximum Gasteiger partial charge on any atom is 0.447 e. The van der Waals surface area contributed by atoms with E-state index in [0.717, 1.165) is 4.90 Å². The highest BCUT2D eigenvalue weighted by molar-refractivity contribution is 7.26. The van der Waals surface area contributed by atoms with Crippen LogP contribution in [0.5, 0.6) is 0 Å². The monoisotopic (exact) mass is 373 g/mol. The van der Waals surface area contributed by atoms with Gasteiger partial charge in [-0.1, -0.05) is 27.9 Å². The van der Waals surface area contributed by atoms with Crippen LogP contribution in [0.15, 0.2) is 0 Å². The molecule has 134 valence electrons. The molecular formula is C12H25NO8P2+2. The Labute approximate surface area is 138 Å². The van der Waals surface area contributed by atoms with Gasteiger partial charge < -0.3 is 4.74 Å². The number of ether oxygens (including phenoxy) is 5. The van der Waals surface area contributed by atoms with E-state index in [1.807, 2.05) is 0 Å². The highest BCUT2D eigenvalue weighted by atomic mass is 31.1. The molecule has 0 aromatic rings. The molecule has 23 heavy (non-hydrogen) atoms. The Morgan fingerprint density at radius 2 is 1.22 bits per heavy atom. The Morgan fingerprint density at radius 1 is 0.870 bits per heavy atom. The molecule has 0 N–H and O–H groups in total. The predicted octanol–water partition coefficient (Wildman–Crippen LogP) is 1.34. The largest absolute Gasteiger partial charge is 0.468 e. The molecular weight excluding hydrogens is 348 g/mol. The first-order valence-corrected chi connectivity index (χ1v) is 8.47. The molecule has 0 radical (unpaired) electrons. The molecule has 0 bridgehead atoms. The third-order valence-electron chi connectivity index (χ3n) is 3.35. The predicted molar refractivity (Wildman–Crippen MR) is 84.0 cm³/mol. The molecule has 0 aliphatic carbocycles. The van der Waals surface area contributed by atoms with Crippen molar-refractivity contribution in [3.8, 4) is 0 Å². The second-order valence-corrected chi connectivity index (χ2v) is 6.44. The van der Waals surface area contributed by atoms with Crippen molar-refractivity contribution in [1.82, 2.24) is 4.90 Å². The second-order valence-electron chi connectivity index (χ2n) is 4.77. The fourth-order valence-corrected chi connectivity index (χ4v) is 3.40. The number of esters is 1. The summed E-state index contributed by atoms with van der Waals surface area (Å²) in [7, 11) is 3.73. The normalized spacial score (nSPS) is 14.7. The SMILES string of the molecule is COC(=O)C(C(C)C)N(C(OC)(OC)[PH+]=O)C(OC)(OC)[PH+]=O. The number of carbonyl (C=O) groups is 1. The lowest BCUT2D eigenvalue weighted by molar-refractivity contribution is -0.351. The molecule has 9 nitrogen and oxygen atoms in total. The lowest BCUT2D eigenvalue weighted by Gasteiger charge is -2.40. The molecule has 0 aromatic carbocycles. The number of methoxy groups -OCH3 is 5. The van der Waals surface area contributed by atoms with Crippen molar-refractivity contribution in [3.63, 3.8) is 0 Å². The van der Waals surface area contributed by atoms with Gasteiger partial charge in [-0.2, -0.15) is 0 Å². The van der Waals surface area contributed by atoms with Crippen LogP contribution in [0, 0.1) is 5.92 Å². The summed E-state index contributed by atoms with van der Waals surface area (Å²) in [6, 6.07) is -1.07. The molecule has 0 saturated carbocycles. The Hall–Kier alpha value is -0.530. The fraction of sp³-hybridized carbons (Fsp3) is 0.917. The van der Waals surface area contributed by atoms with Gasteiger partial charge in [-0.25, -0.2) is 0 Å². The van der Waals surface area contributed by atoms with E-state index in [-0.39, 0.29) is 5.92 Å². The smallest absolute Gasteiger partial charge is 0.447 e. The zero-order chi connectivity index (χ0) is 18.3. The lowest BCUT2D eigenvalue weighted by Crippen LogP contribution is -2.66. The van der Waals surface area contributed by atoms with Crippen LogP contribution in [0.1, 0.15) is 13.8 Å². The van der Waals surface area contributed by atoms with Crippen LogP contribution in [0.2, 0.25) is 0 Å². The van der Waals surface area contributed by atoms with Crippen molar-refractivity contribution in [2.75, 3.05) is 35.5 Å². The van der Waals surface area contributed by atoms with E-state index in [4.69, 9.17) is 23.7 Å². The summed E-state index contributed by atoms with van der Waals surface area (Å²) in [5.74, 6) is -1.03. The first kappa shape index (κ1) is 22.5. The van der Waals surface area contributed by atoms with Gasteiger partial charge in [0.2, 0.25) is 0 Å². The third kappa shape index (κ3) is 4.31. The van der Waals surface area contributed by atoms with Crippen molar-refractivity contribution in [1.29, 1.82) is 0 Å². The minimum atomic E-state index is -1.92. The standard InChI is InChI=1S/C12H23NO8P2/c1-8(2)9(10(14)17-3)13(11(18-4,19-5)22-15)12(20-6,21-7)23-16/h8-9H,1-7H3/p+2. The molecule has 0 heterocycles. The average Bonchev–Trinajstić information content (AvgIpc) is 2.58. The summed E-state index contributed by atoms with van der Waals surface area (Å²) in [5.41, 5.74) is -3.85. The van der Waals surface area contributed by atoms with Gasteiger partial charge in [-0.05, 0) is 5.92 Å². The van der Waals surface area contributed by atoms with Crippen LogP contribution < -0.4 is 0 Å². The lowest BCUT2D eigenvalue weighted by atomic mass is 10.0.